The number of rotatable bonds is 8. The molecule has 4 aromatic rings. The van der Waals surface area contributed by atoms with Gasteiger partial charge < -0.3 is 10.1 Å². The summed E-state index contributed by atoms with van der Waals surface area (Å²) in [6.45, 7) is 4.08. The molecule has 0 aliphatic heterocycles. The van der Waals surface area contributed by atoms with E-state index >= 15 is 0 Å². The molecule has 0 radical (unpaired) electrons. The fourth-order valence-corrected chi connectivity index (χ4v) is 4.62. The van der Waals surface area contributed by atoms with Gasteiger partial charge in [0.2, 0.25) is 5.91 Å². The van der Waals surface area contributed by atoms with E-state index in [1.165, 1.54) is 29.9 Å². The molecule has 3 aromatic carbocycles. The topological polar surface area (TPSA) is 116 Å². The number of benzene rings is 3. The number of nitrogens with one attached hydrogen (secondary N) is 1. The molecule has 0 aliphatic rings. The summed E-state index contributed by atoms with van der Waals surface area (Å²) in [4.78, 5) is 41.9. The van der Waals surface area contributed by atoms with E-state index in [-0.39, 0.29) is 28.6 Å². The van der Waals surface area contributed by atoms with Gasteiger partial charge in [-0.3, -0.25) is 24.3 Å². The highest BCUT2D eigenvalue weighted by Crippen LogP contribution is 2.30. The Hall–Kier alpha value is -4.18. The van der Waals surface area contributed by atoms with Gasteiger partial charge >= 0.3 is 0 Å². The molecule has 0 unspecified atom stereocenters. The van der Waals surface area contributed by atoms with Crippen LogP contribution in [0.4, 0.5) is 11.4 Å². The largest absolute Gasteiger partial charge is 0.496 e. The first-order chi connectivity index (χ1) is 17.3. The SMILES string of the molecule is COc1ccc(NC(=O)CSc2nc3ccccc3c(=O)n2-c2ccccc2C(C)C)c([N+](=O)[O-])c1. The highest BCUT2D eigenvalue weighted by atomic mass is 32.2. The molecule has 1 amide bonds. The van der Waals surface area contributed by atoms with Crippen molar-refractivity contribution in [3.63, 3.8) is 0 Å². The number of nitro benzene ring substituents is 1. The van der Waals surface area contributed by atoms with Crippen molar-refractivity contribution in [1.82, 2.24) is 9.55 Å². The van der Waals surface area contributed by atoms with Crippen LogP contribution in [-0.4, -0.2) is 33.2 Å². The van der Waals surface area contributed by atoms with Crippen molar-refractivity contribution in [2.24, 2.45) is 0 Å². The molecule has 184 valence electrons. The zero-order valence-electron chi connectivity index (χ0n) is 19.9. The molecule has 0 spiro atoms. The lowest BCUT2D eigenvalue weighted by atomic mass is 10.0. The molecule has 0 saturated heterocycles. The molecule has 0 bridgehead atoms. The molecule has 1 aromatic heterocycles. The van der Waals surface area contributed by atoms with Crippen LogP contribution in [0.25, 0.3) is 16.6 Å². The summed E-state index contributed by atoms with van der Waals surface area (Å²) < 4.78 is 6.57. The zero-order chi connectivity index (χ0) is 25.8. The Labute approximate surface area is 211 Å². The predicted molar refractivity (Wildman–Crippen MR) is 140 cm³/mol. The highest BCUT2D eigenvalue weighted by molar-refractivity contribution is 7.99. The van der Waals surface area contributed by atoms with Gasteiger partial charge in [-0.05, 0) is 41.8 Å². The second-order valence-corrected chi connectivity index (χ2v) is 9.19. The first-order valence-corrected chi connectivity index (χ1v) is 12.1. The highest BCUT2D eigenvalue weighted by Gasteiger charge is 2.20. The standard InChI is InChI=1S/C26H24N4O5S/c1-16(2)18-8-5-7-11-22(18)29-25(32)19-9-4-6-10-20(19)28-26(29)36-15-24(31)27-21-13-12-17(35-3)14-23(21)30(33)34/h4-14,16H,15H2,1-3H3,(H,27,31). The Morgan fingerprint density at radius 1 is 1.14 bits per heavy atom. The van der Waals surface area contributed by atoms with Crippen LogP contribution in [0.3, 0.4) is 0 Å². The molecule has 9 nitrogen and oxygen atoms in total. The fraction of sp³-hybridized carbons (Fsp3) is 0.192. The van der Waals surface area contributed by atoms with Crippen LogP contribution in [0.15, 0.2) is 76.7 Å². The summed E-state index contributed by atoms with van der Waals surface area (Å²) in [6.07, 6.45) is 0. The molecular weight excluding hydrogens is 480 g/mol. The quantitative estimate of drug-likeness (QED) is 0.153. The summed E-state index contributed by atoms with van der Waals surface area (Å²) in [5, 5.41) is 14.9. The van der Waals surface area contributed by atoms with Crippen LogP contribution in [-0.2, 0) is 4.79 Å². The molecule has 36 heavy (non-hydrogen) atoms. The number of hydrogen-bond acceptors (Lipinski definition) is 7. The molecule has 0 aliphatic carbocycles. The van der Waals surface area contributed by atoms with Gasteiger partial charge in [0.05, 0.1) is 40.4 Å². The van der Waals surface area contributed by atoms with Crippen molar-refractivity contribution < 1.29 is 14.5 Å². The average Bonchev–Trinajstić information content (AvgIpc) is 2.87. The van der Waals surface area contributed by atoms with Crippen LogP contribution in [0.1, 0.15) is 25.3 Å². The molecule has 0 fully saturated rings. The van der Waals surface area contributed by atoms with Gasteiger partial charge in [0.15, 0.2) is 5.16 Å². The Balaban J connectivity index is 1.70. The normalized spacial score (nSPS) is 11.0. The van der Waals surface area contributed by atoms with Crippen molar-refractivity contribution in [3.05, 3.63) is 92.8 Å². The Morgan fingerprint density at radius 2 is 1.86 bits per heavy atom. The van der Waals surface area contributed by atoms with Crippen LogP contribution < -0.4 is 15.6 Å². The van der Waals surface area contributed by atoms with Crippen molar-refractivity contribution in [2.75, 3.05) is 18.2 Å². The number of aromatic nitrogens is 2. The Kier molecular flexibility index (Phi) is 7.35. The molecule has 0 atom stereocenters. The zero-order valence-corrected chi connectivity index (χ0v) is 20.7. The lowest BCUT2D eigenvalue weighted by Crippen LogP contribution is -2.24. The van der Waals surface area contributed by atoms with Gasteiger partial charge in [-0.15, -0.1) is 0 Å². The number of anilines is 1. The minimum atomic E-state index is -0.587. The van der Waals surface area contributed by atoms with Gasteiger partial charge in [0.1, 0.15) is 11.4 Å². The first kappa shape index (κ1) is 24.9. The van der Waals surface area contributed by atoms with Crippen LogP contribution >= 0.6 is 11.8 Å². The third kappa shape index (κ3) is 5.08. The van der Waals surface area contributed by atoms with Crippen molar-refractivity contribution in [1.29, 1.82) is 0 Å². The number of fused-ring (bicyclic) bond motifs is 1. The maximum atomic E-state index is 13.6. The third-order valence-electron chi connectivity index (χ3n) is 5.55. The predicted octanol–water partition coefficient (Wildman–Crippen LogP) is 5.16. The molecule has 0 saturated carbocycles. The van der Waals surface area contributed by atoms with Gasteiger partial charge in [-0.2, -0.15) is 0 Å². The number of ether oxygens (including phenoxy) is 1. The van der Waals surface area contributed by atoms with E-state index in [1.807, 2.05) is 38.1 Å². The van der Waals surface area contributed by atoms with E-state index in [0.717, 1.165) is 17.3 Å². The Bertz CT molecular complexity index is 1520. The van der Waals surface area contributed by atoms with Crippen molar-refractivity contribution >= 4 is 39.9 Å². The molecule has 4 rings (SSSR count). The summed E-state index contributed by atoms with van der Waals surface area (Å²) >= 11 is 1.09. The summed E-state index contributed by atoms with van der Waals surface area (Å²) in [6, 6.07) is 18.8. The summed E-state index contributed by atoms with van der Waals surface area (Å²) in [5.74, 6) is -0.129. The number of nitrogens with zero attached hydrogens (tertiary/aromatic N) is 3. The minimum Gasteiger partial charge on any atom is -0.496 e. The number of amides is 1. The first-order valence-electron chi connectivity index (χ1n) is 11.2. The van der Waals surface area contributed by atoms with Crippen LogP contribution in [0.2, 0.25) is 0 Å². The van der Waals surface area contributed by atoms with Gasteiger partial charge in [0.25, 0.3) is 11.2 Å². The van der Waals surface area contributed by atoms with Gasteiger partial charge in [-0.25, -0.2) is 4.98 Å². The number of thioether (sulfide) groups is 1. The molecule has 1 heterocycles. The fourth-order valence-electron chi connectivity index (χ4n) is 3.81. The third-order valence-corrected chi connectivity index (χ3v) is 6.49. The number of hydrogen-bond donors (Lipinski definition) is 1. The number of carbonyl (C=O) groups is 1. The molecule has 10 heteroatoms. The van der Waals surface area contributed by atoms with Gasteiger partial charge in [-0.1, -0.05) is 55.9 Å². The van der Waals surface area contributed by atoms with E-state index in [4.69, 9.17) is 4.74 Å². The van der Waals surface area contributed by atoms with Gasteiger partial charge in [0, 0.05) is 0 Å². The Morgan fingerprint density at radius 3 is 2.58 bits per heavy atom. The maximum Gasteiger partial charge on any atom is 0.296 e. The second-order valence-electron chi connectivity index (χ2n) is 8.24. The molecular formula is C26H24N4O5S. The van der Waals surface area contributed by atoms with E-state index in [0.29, 0.717) is 27.5 Å². The maximum absolute atomic E-state index is 13.6. The van der Waals surface area contributed by atoms with E-state index in [1.54, 1.807) is 24.3 Å². The smallest absolute Gasteiger partial charge is 0.296 e. The van der Waals surface area contributed by atoms with E-state index in [2.05, 4.69) is 10.3 Å². The lowest BCUT2D eigenvalue weighted by molar-refractivity contribution is -0.384. The van der Waals surface area contributed by atoms with Crippen LogP contribution in [0, 0.1) is 10.1 Å². The lowest BCUT2D eigenvalue weighted by Gasteiger charge is -2.18. The van der Waals surface area contributed by atoms with E-state index < -0.39 is 10.8 Å². The molecule has 1 N–H and O–H groups in total. The average molecular weight is 505 g/mol. The monoisotopic (exact) mass is 504 g/mol. The number of para-hydroxylation sites is 2. The van der Waals surface area contributed by atoms with Crippen LogP contribution in [0.5, 0.6) is 5.75 Å². The second kappa shape index (κ2) is 10.6. The number of methoxy groups -OCH3 is 1. The summed E-state index contributed by atoms with van der Waals surface area (Å²) in [7, 11) is 1.40. The minimum absolute atomic E-state index is 0.0559. The van der Waals surface area contributed by atoms with E-state index in [9.17, 15) is 19.7 Å². The summed E-state index contributed by atoms with van der Waals surface area (Å²) in [5.41, 5.74) is 1.73. The van der Waals surface area contributed by atoms with Crippen molar-refractivity contribution in [2.45, 2.75) is 24.9 Å². The number of nitro groups is 1. The van der Waals surface area contributed by atoms with Crippen molar-refractivity contribution in [3.8, 4) is 11.4 Å². The number of carbonyl (C=O) groups excluding carboxylic acids is 1.